The topological polar surface area (TPSA) is 54.9 Å². The maximum absolute atomic E-state index is 11.7. The summed E-state index contributed by atoms with van der Waals surface area (Å²) in [5.74, 6) is 0. The van der Waals surface area contributed by atoms with Crippen molar-refractivity contribution in [3.8, 4) is 0 Å². The minimum atomic E-state index is -0.134. The molecule has 0 radical (unpaired) electrons. The summed E-state index contributed by atoms with van der Waals surface area (Å²) in [4.78, 5) is 22.4. The Morgan fingerprint density at radius 2 is 2.29 bits per heavy atom. The molecule has 0 bridgehead atoms. The predicted molar refractivity (Wildman–Crippen MR) is 53.6 cm³/mol. The Bertz CT molecular complexity index is 537. The Morgan fingerprint density at radius 3 is 2.93 bits per heavy atom. The molecule has 1 N–H and O–H groups in total. The zero-order valence-electron chi connectivity index (χ0n) is 7.78. The van der Waals surface area contributed by atoms with E-state index in [0.29, 0.717) is 29.3 Å². The average molecular weight is 190 g/mol. The van der Waals surface area contributed by atoms with E-state index in [1.807, 2.05) is 6.92 Å². The normalized spacial score (nSPS) is 10.6. The number of aromatic amines is 1. The molecule has 4 nitrogen and oxygen atoms in total. The molecule has 1 aromatic carbocycles. The number of aromatic nitrogens is 2. The van der Waals surface area contributed by atoms with Crippen LogP contribution >= 0.6 is 0 Å². The van der Waals surface area contributed by atoms with Gasteiger partial charge < -0.3 is 0 Å². The van der Waals surface area contributed by atoms with Gasteiger partial charge in [0.1, 0.15) is 0 Å². The van der Waals surface area contributed by atoms with Crippen molar-refractivity contribution in [2.24, 2.45) is 0 Å². The van der Waals surface area contributed by atoms with Crippen molar-refractivity contribution in [3.05, 3.63) is 34.1 Å². The van der Waals surface area contributed by atoms with E-state index < -0.39 is 0 Å². The smallest absolute Gasteiger partial charge is 0.275 e. The molecule has 1 heterocycles. The molecule has 2 aromatic rings. The maximum Gasteiger partial charge on any atom is 0.275 e. The number of carbonyl (C=O) groups is 1. The zero-order chi connectivity index (χ0) is 10.1. The van der Waals surface area contributed by atoms with Gasteiger partial charge in [0, 0.05) is 12.1 Å². The number of hydrogen-bond donors (Lipinski definition) is 1. The first-order valence-corrected chi connectivity index (χ1v) is 4.44. The van der Waals surface area contributed by atoms with Gasteiger partial charge in [-0.25, -0.2) is 0 Å². The Hall–Kier alpha value is -1.84. The second-order valence-corrected chi connectivity index (χ2v) is 3.05. The summed E-state index contributed by atoms with van der Waals surface area (Å²) in [6.07, 6.45) is 0.706. The van der Waals surface area contributed by atoms with Crippen molar-refractivity contribution in [1.29, 1.82) is 0 Å². The molecular weight excluding hydrogens is 180 g/mol. The van der Waals surface area contributed by atoms with Gasteiger partial charge in [0.25, 0.3) is 5.56 Å². The highest BCUT2D eigenvalue weighted by Gasteiger charge is 2.08. The highest BCUT2D eigenvalue weighted by molar-refractivity contribution is 5.95. The lowest BCUT2D eigenvalue weighted by atomic mass is 10.1. The van der Waals surface area contributed by atoms with Crippen LogP contribution in [-0.4, -0.2) is 16.1 Å². The van der Waals surface area contributed by atoms with Crippen LogP contribution < -0.4 is 5.56 Å². The van der Waals surface area contributed by atoms with E-state index in [9.17, 15) is 9.59 Å². The molecule has 0 saturated carbocycles. The number of H-pyrrole nitrogens is 1. The number of aldehydes is 1. The summed E-state index contributed by atoms with van der Waals surface area (Å²) in [5.41, 5.74) is 1.02. The third-order valence-corrected chi connectivity index (χ3v) is 2.25. The van der Waals surface area contributed by atoms with E-state index in [4.69, 9.17) is 0 Å². The molecule has 0 amide bonds. The molecule has 1 aromatic heterocycles. The lowest BCUT2D eigenvalue weighted by molar-refractivity contribution is 0.112. The van der Waals surface area contributed by atoms with Gasteiger partial charge in [0.2, 0.25) is 0 Å². The minimum absolute atomic E-state index is 0.134. The van der Waals surface area contributed by atoms with Gasteiger partial charge in [0.05, 0.1) is 10.9 Å². The lowest BCUT2D eigenvalue weighted by Crippen LogP contribution is -2.15. The average Bonchev–Trinajstić information content (AvgIpc) is 2.55. The van der Waals surface area contributed by atoms with Gasteiger partial charge >= 0.3 is 0 Å². The highest BCUT2D eigenvalue weighted by atomic mass is 16.1. The first kappa shape index (κ1) is 8.74. The van der Waals surface area contributed by atoms with Gasteiger partial charge in [-0.3, -0.25) is 19.4 Å². The van der Waals surface area contributed by atoms with Crippen LogP contribution in [-0.2, 0) is 6.54 Å². The zero-order valence-corrected chi connectivity index (χ0v) is 7.78. The van der Waals surface area contributed by atoms with Crippen LogP contribution in [0.5, 0.6) is 0 Å². The molecule has 0 aliphatic carbocycles. The lowest BCUT2D eigenvalue weighted by Gasteiger charge is -1.90. The van der Waals surface area contributed by atoms with Crippen molar-refractivity contribution in [2.75, 3.05) is 0 Å². The Balaban J connectivity index is 2.93. The van der Waals surface area contributed by atoms with Crippen molar-refractivity contribution in [3.63, 3.8) is 0 Å². The molecule has 4 heteroatoms. The maximum atomic E-state index is 11.7. The fourth-order valence-electron chi connectivity index (χ4n) is 1.55. The quantitative estimate of drug-likeness (QED) is 0.722. The number of fused-ring (bicyclic) bond motifs is 1. The van der Waals surface area contributed by atoms with Gasteiger partial charge in [-0.15, -0.1) is 0 Å². The molecule has 0 unspecified atom stereocenters. The van der Waals surface area contributed by atoms with Gasteiger partial charge in [0.15, 0.2) is 6.29 Å². The minimum Gasteiger partial charge on any atom is -0.298 e. The molecule has 72 valence electrons. The number of nitrogens with one attached hydrogen (secondary N) is 1. The fraction of sp³-hybridized carbons (Fsp3) is 0.200. The first-order chi connectivity index (χ1) is 6.77. The van der Waals surface area contributed by atoms with Crippen molar-refractivity contribution < 1.29 is 4.79 Å². The van der Waals surface area contributed by atoms with Crippen LogP contribution in [0, 0.1) is 0 Å². The predicted octanol–water partition coefficient (Wildman–Crippen LogP) is 1.16. The van der Waals surface area contributed by atoms with E-state index >= 15 is 0 Å². The number of rotatable bonds is 2. The SMILES string of the molecule is CCn1[nH]c2cccc(C=O)c2c1=O. The molecule has 2 rings (SSSR count). The van der Waals surface area contributed by atoms with Crippen LogP contribution in [0.3, 0.4) is 0 Å². The molecule has 0 saturated heterocycles. The van der Waals surface area contributed by atoms with Crippen molar-refractivity contribution in [2.45, 2.75) is 13.5 Å². The third-order valence-electron chi connectivity index (χ3n) is 2.25. The summed E-state index contributed by atoms with van der Waals surface area (Å²) in [6.45, 7) is 2.45. The van der Waals surface area contributed by atoms with Crippen molar-refractivity contribution >= 4 is 17.2 Å². The van der Waals surface area contributed by atoms with Crippen LogP contribution in [0.15, 0.2) is 23.0 Å². The molecule has 0 aliphatic heterocycles. The summed E-state index contributed by atoms with van der Waals surface area (Å²) in [6, 6.07) is 5.18. The monoisotopic (exact) mass is 190 g/mol. The van der Waals surface area contributed by atoms with E-state index in [0.717, 1.165) is 0 Å². The van der Waals surface area contributed by atoms with E-state index in [1.165, 1.54) is 4.68 Å². The Labute approximate surface area is 80.1 Å². The summed E-state index contributed by atoms with van der Waals surface area (Å²) in [5, 5.41) is 3.41. The molecule has 0 atom stereocenters. The largest absolute Gasteiger partial charge is 0.298 e. The number of nitrogens with zero attached hydrogens (tertiary/aromatic N) is 1. The Kier molecular flexibility index (Phi) is 1.96. The number of aryl methyl sites for hydroxylation is 1. The van der Waals surface area contributed by atoms with E-state index in [-0.39, 0.29) is 5.56 Å². The van der Waals surface area contributed by atoms with Crippen LogP contribution in [0.2, 0.25) is 0 Å². The van der Waals surface area contributed by atoms with Gasteiger partial charge in [-0.05, 0) is 13.0 Å². The molecule has 0 aliphatic rings. The number of carbonyl (C=O) groups excluding carboxylic acids is 1. The molecule has 14 heavy (non-hydrogen) atoms. The summed E-state index contributed by atoms with van der Waals surface area (Å²) >= 11 is 0. The summed E-state index contributed by atoms with van der Waals surface area (Å²) < 4.78 is 1.48. The van der Waals surface area contributed by atoms with E-state index in [2.05, 4.69) is 5.10 Å². The number of benzene rings is 1. The van der Waals surface area contributed by atoms with Gasteiger partial charge in [-0.2, -0.15) is 0 Å². The van der Waals surface area contributed by atoms with Crippen LogP contribution in [0.4, 0.5) is 0 Å². The molecular formula is C10H10N2O2. The second kappa shape index (κ2) is 3.14. The first-order valence-electron chi connectivity index (χ1n) is 4.44. The third kappa shape index (κ3) is 1.08. The van der Waals surface area contributed by atoms with Crippen LogP contribution in [0.25, 0.3) is 10.9 Å². The fourth-order valence-corrected chi connectivity index (χ4v) is 1.55. The molecule has 0 fully saturated rings. The van der Waals surface area contributed by atoms with Gasteiger partial charge in [-0.1, -0.05) is 12.1 Å². The Morgan fingerprint density at radius 1 is 1.50 bits per heavy atom. The standard InChI is InChI=1S/C10H10N2O2/c1-2-12-10(14)9-7(6-13)4-3-5-8(9)11-12/h3-6,11H,2H2,1H3. The van der Waals surface area contributed by atoms with Crippen LogP contribution in [0.1, 0.15) is 17.3 Å². The highest BCUT2D eigenvalue weighted by Crippen LogP contribution is 2.11. The van der Waals surface area contributed by atoms with E-state index in [1.54, 1.807) is 18.2 Å². The second-order valence-electron chi connectivity index (χ2n) is 3.05. The number of hydrogen-bond acceptors (Lipinski definition) is 2. The van der Waals surface area contributed by atoms with Crippen molar-refractivity contribution in [1.82, 2.24) is 9.78 Å². The molecule has 0 spiro atoms. The summed E-state index contributed by atoms with van der Waals surface area (Å²) in [7, 11) is 0.